The summed E-state index contributed by atoms with van der Waals surface area (Å²) in [7, 11) is 0. The maximum atomic E-state index is 13.2. The van der Waals surface area contributed by atoms with Gasteiger partial charge in [0.15, 0.2) is 5.69 Å². The number of halogens is 6. The normalized spacial score (nSPS) is 20.6. The van der Waals surface area contributed by atoms with Crippen molar-refractivity contribution in [3.63, 3.8) is 0 Å². The van der Waals surface area contributed by atoms with Crippen LogP contribution in [-0.2, 0) is 6.18 Å². The molecule has 1 heterocycles. The van der Waals surface area contributed by atoms with Gasteiger partial charge in [0, 0.05) is 13.0 Å². The van der Waals surface area contributed by atoms with Gasteiger partial charge >= 0.3 is 12.4 Å². The highest BCUT2D eigenvalue weighted by atomic mass is 32.2. The van der Waals surface area contributed by atoms with Crippen molar-refractivity contribution in [2.45, 2.75) is 45.1 Å². The smallest absolute Gasteiger partial charge is 0.284 e. The summed E-state index contributed by atoms with van der Waals surface area (Å²) < 4.78 is 79.3. The second-order valence-corrected chi connectivity index (χ2v) is 7.62. The molecular weight excluding hydrogens is 418 g/mol. The predicted octanol–water partition coefficient (Wildman–Crippen LogP) is 6.44. The van der Waals surface area contributed by atoms with E-state index in [0.717, 1.165) is 23.9 Å². The minimum atomic E-state index is -4.75. The van der Waals surface area contributed by atoms with Gasteiger partial charge in [-0.15, -0.1) is 11.8 Å². The van der Waals surface area contributed by atoms with Crippen LogP contribution in [0.25, 0.3) is 4.85 Å². The van der Waals surface area contributed by atoms with Gasteiger partial charge in [-0.05, 0) is 31.7 Å². The summed E-state index contributed by atoms with van der Waals surface area (Å²) in [6, 6.07) is 3.00. The van der Waals surface area contributed by atoms with Crippen LogP contribution in [0.2, 0.25) is 0 Å². The standard InChI is InChI=1S/C18H18F6N4S/c1-5-28-16(3,10-14(27-28)18(22,23)24)15(29-6-2)26-11-7-8-13(25-4)12(9-11)17(19,20)21/h7-9H,5-6,10H2,1-3H3/t16-/m0/s1. The minimum absolute atomic E-state index is 0.0848. The van der Waals surface area contributed by atoms with Crippen LogP contribution in [0.4, 0.5) is 37.7 Å². The number of alkyl halides is 6. The molecule has 0 unspecified atom stereocenters. The Balaban J connectivity index is 2.55. The van der Waals surface area contributed by atoms with Gasteiger partial charge in [0.05, 0.1) is 17.8 Å². The fourth-order valence-corrected chi connectivity index (χ4v) is 3.88. The summed E-state index contributed by atoms with van der Waals surface area (Å²) in [6.45, 7) is 12.0. The molecule has 0 aliphatic carbocycles. The van der Waals surface area contributed by atoms with E-state index in [9.17, 15) is 26.3 Å². The van der Waals surface area contributed by atoms with Crippen LogP contribution in [0.5, 0.6) is 0 Å². The van der Waals surface area contributed by atoms with Crippen LogP contribution in [0.3, 0.4) is 0 Å². The zero-order valence-electron chi connectivity index (χ0n) is 15.8. The first-order chi connectivity index (χ1) is 13.4. The lowest BCUT2D eigenvalue weighted by Crippen LogP contribution is -2.46. The summed E-state index contributed by atoms with van der Waals surface area (Å²) in [5.74, 6) is 0.458. The van der Waals surface area contributed by atoms with Crippen molar-refractivity contribution in [3.8, 4) is 0 Å². The molecule has 29 heavy (non-hydrogen) atoms. The van der Waals surface area contributed by atoms with E-state index in [0.29, 0.717) is 5.75 Å². The molecule has 0 spiro atoms. The van der Waals surface area contributed by atoms with Crippen molar-refractivity contribution in [2.75, 3.05) is 12.3 Å². The van der Waals surface area contributed by atoms with Gasteiger partial charge in [0.1, 0.15) is 16.3 Å². The van der Waals surface area contributed by atoms with E-state index in [1.807, 2.05) is 0 Å². The molecular formula is C18H18F6N4S. The zero-order chi connectivity index (χ0) is 22.0. The number of hydrazone groups is 1. The molecule has 0 saturated heterocycles. The molecule has 0 N–H and O–H groups in total. The van der Waals surface area contributed by atoms with E-state index in [-0.39, 0.29) is 17.3 Å². The van der Waals surface area contributed by atoms with Crippen LogP contribution in [-0.4, -0.2) is 39.8 Å². The number of aliphatic imine (C=N–C) groups is 1. The average Bonchev–Trinajstić information content (AvgIpc) is 2.99. The number of thioether (sulfide) groups is 1. The Morgan fingerprint density at radius 2 is 1.90 bits per heavy atom. The number of rotatable bonds is 4. The number of hydrogen-bond acceptors (Lipinski definition) is 4. The van der Waals surface area contributed by atoms with E-state index in [4.69, 9.17) is 6.57 Å². The van der Waals surface area contributed by atoms with Crippen LogP contribution in [0.15, 0.2) is 28.3 Å². The van der Waals surface area contributed by atoms with Crippen molar-refractivity contribution < 1.29 is 26.3 Å². The van der Waals surface area contributed by atoms with Gasteiger partial charge in [-0.25, -0.2) is 9.84 Å². The summed E-state index contributed by atoms with van der Waals surface area (Å²) in [5.41, 5.74) is -3.97. The highest BCUT2D eigenvalue weighted by Gasteiger charge is 2.50. The zero-order valence-corrected chi connectivity index (χ0v) is 16.6. The Bertz CT molecular complexity index is 869. The van der Waals surface area contributed by atoms with Crippen molar-refractivity contribution >= 4 is 33.9 Å². The molecule has 1 aromatic carbocycles. The number of nitrogens with zero attached hydrogens (tertiary/aromatic N) is 4. The molecule has 0 amide bonds. The Labute approximate surface area is 168 Å². The van der Waals surface area contributed by atoms with Crippen LogP contribution in [0.1, 0.15) is 32.8 Å². The summed E-state index contributed by atoms with van der Waals surface area (Å²) >= 11 is 1.15. The van der Waals surface area contributed by atoms with Gasteiger partial charge in [-0.3, -0.25) is 5.01 Å². The molecule has 158 valence electrons. The molecule has 0 fully saturated rings. The first-order valence-corrected chi connectivity index (χ1v) is 9.58. The van der Waals surface area contributed by atoms with E-state index in [1.54, 1.807) is 20.8 Å². The quantitative estimate of drug-likeness (QED) is 0.235. The maximum absolute atomic E-state index is 13.2. The molecule has 2 rings (SSSR count). The molecule has 4 nitrogen and oxygen atoms in total. The Morgan fingerprint density at radius 1 is 1.24 bits per heavy atom. The monoisotopic (exact) mass is 436 g/mol. The predicted molar refractivity (Wildman–Crippen MR) is 102 cm³/mol. The third kappa shape index (κ3) is 4.86. The SMILES string of the molecule is [C-]#[N+]c1ccc(N=C(SCC)[C@]2(C)CC(C(F)(F)F)=NN2CC)cc1C(F)(F)F. The van der Waals surface area contributed by atoms with E-state index >= 15 is 0 Å². The van der Waals surface area contributed by atoms with Crippen LogP contribution >= 0.6 is 11.8 Å². The highest BCUT2D eigenvalue weighted by molar-refractivity contribution is 8.14. The Morgan fingerprint density at radius 3 is 2.38 bits per heavy atom. The van der Waals surface area contributed by atoms with E-state index < -0.39 is 41.3 Å². The molecule has 0 saturated carbocycles. The van der Waals surface area contributed by atoms with Gasteiger partial charge < -0.3 is 0 Å². The number of benzene rings is 1. The van der Waals surface area contributed by atoms with E-state index in [1.165, 1.54) is 11.1 Å². The molecule has 1 aliphatic rings. The molecule has 0 bridgehead atoms. The lowest BCUT2D eigenvalue weighted by Gasteiger charge is -2.34. The average molecular weight is 436 g/mol. The minimum Gasteiger partial charge on any atom is -0.284 e. The molecule has 1 aliphatic heterocycles. The van der Waals surface area contributed by atoms with Gasteiger partial charge in [-0.2, -0.15) is 31.4 Å². The second kappa shape index (κ2) is 8.26. The van der Waals surface area contributed by atoms with Crippen LogP contribution < -0.4 is 0 Å². The second-order valence-electron chi connectivity index (χ2n) is 6.37. The van der Waals surface area contributed by atoms with Gasteiger partial charge in [-0.1, -0.05) is 13.0 Å². The van der Waals surface area contributed by atoms with E-state index in [2.05, 4.69) is 14.9 Å². The summed E-state index contributed by atoms with van der Waals surface area (Å²) in [4.78, 5) is 7.13. The van der Waals surface area contributed by atoms with Crippen LogP contribution in [0, 0.1) is 6.57 Å². The molecule has 0 aromatic heterocycles. The number of hydrogen-bond donors (Lipinski definition) is 0. The first-order valence-electron chi connectivity index (χ1n) is 8.59. The van der Waals surface area contributed by atoms with Crippen molar-refractivity contribution in [1.29, 1.82) is 0 Å². The fraction of sp³-hybridized carbons (Fsp3) is 0.500. The van der Waals surface area contributed by atoms with Crippen molar-refractivity contribution in [1.82, 2.24) is 5.01 Å². The van der Waals surface area contributed by atoms with Crippen molar-refractivity contribution in [2.24, 2.45) is 10.1 Å². The third-order valence-corrected chi connectivity index (χ3v) is 5.42. The Kier molecular flexibility index (Phi) is 6.57. The highest BCUT2D eigenvalue weighted by Crippen LogP contribution is 2.41. The van der Waals surface area contributed by atoms with Crippen molar-refractivity contribution in [3.05, 3.63) is 35.2 Å². The summed E-state index contributed by atoms with van der Waals surface area (Å²) in [5, 5.41) is 5.16. The maximum Gasteiger partial charge on any atom is 0.431 e. The molecule has 11 heteroatoms. The van der Waals surface area contributed by atoms with Gasteiger partial charge in [0.2, 0.25) is 0 Å². The molecule has 0 radical (unpaired) electrons. The Hall–Kier alpha value is -2.22. The molecule has 1 aromatic rings. The lowest BCUT2D eigenvalue weighted by molar-refractivity contribution is -0.136. The third-order valence-electron chi connectivity index (χ3n) is 4.33. The summed E-state index contributed by atoms with van der Waals surface area (Å²) in [6.07, 6.45) is -9.81. The lowest BCUT2D eigenvalue weighted by atomic mass is 9.96. The topological polar surface area (TPSA) is 32.3 Å². The molecule has 1 atom stereocenters. The largest absolute Gasteiger partial charge is 0.431 e. The fourth-order valence-electron chi connectivity index (χ4n) is 2.95. The first kappa shape index (κ1) is 23.1. The van der Waals surface area contributed by atoms with Gasteiger partial charge in [0.25, 0.3) is 0 Å².